The summed E-state index contributed by atoms with van der Waals surface area (Å²) in [6, 6.07) is 2.95. The van der Waals surface area contributed by atoms with Gasteiger partial charge >= 0.3 is 7.12 Å². The number of aliphatic hydroxyl groups is 1. The number of aliphatic hydroxyl groups excluding tert-OH is 1. The van der Waals surface area contributed by atoms with Gasteiger partial charge in [-0.25, -0.2) is 4.39 Å². The minimum absolute atomic E-state index is 0.132. The molecule has 6 heteroatoms. The number of methoxy groups -OCH3 is 1. The maximum atomic E-state index is 14.0. The topological polar surface area (TPSA) is 47.9 Å². The molecule has 0 spiro atoms. The fourth-order valence-corrected chi connectivity index (χ4v) is 2.08. The Kier molecular flexibility index (Phi) is 3.84. The van der Waals surface area contributed by atoms with Crippen molar-refractivity contribution in [3.8, 4) is 5.75 Å². The van der Waals surface area contributed by atoms with Crippen LogP contribution < -0.4 is 10.2 Å². The Labute approximate surface area is 119 Å². The number of ether oxygens (including phenoxy) is 1. The molecule has 1 heterocycles. The third-order valence-electron chi connectivity index (χ3n) is 4.08. The predicted octanol–water partition coefficient (Wildman–Crippen LogP) is 1.63. The highest BCUT2D eigenvalue weighted by atomic mass is 19.1. The first-order valence-corrected chi connectivity index (χ1v) is 6.54. The molecule has 2 rings (SSSR count). The second-order valence-corrected chi connectivity index (χ2v) is 5.93. The van der Waals surface area contributed by atoms with Crippen LogP contribution in [0, 0.1) is 5.82 Å². The van der Waals surface area contributed by atoms with Gasteiger partial charge in [-0.2, -0.15) is 0 Å². The van der Waals surface area contributed by atoms with Crippen LogP contribution in [0.5, 0.6) is 5.75 Å². The smallest absolute Gasteiger partial charge is 0.495 e. The lowest BCUT2D eigenvalue weighted by Crippen LogP contribution is -2.41. The molecular weight excluding hydrogens is 262 g/mol. The summed E-state index contributed by atoms with van der Waals surface area (Å²) in [7, 11) is 0.776. The normalized spacial score (nSPS) is 20.2. The Morgan fingerprint density at radius 1 is 1.20 bits per heavy atom. The van der Waals surface area contributed by atoms with Crippen LogP contribution in [0.4, 0.5) is 4.39 Å². The van der Waals surface area contributed by atoms with E-state index in [1.54, 1.807) is 6.07 Å². The van der Waals surface area contributed by atoms with Crippen molar-refractivity contribution in [1.29, 1.82) is 0 Å². The molecule has 0 bridgehead atoms. The molecule has 0 radical (unpaired) electrons. The van der Waals surface area contributed by atoms with E-state index in [1.807, 2.05) is 27.7 Å². The van der Waals surface area contributed by atoms with Gasteiger partial charge in [-0.05, 0) is 45.3 Å². The SMILES string of the molecule is COc1cc(B2OC(C)(C)C(C)(C)O2)cc(F)c1CO. The van der Waals surface area contributed by atoms with Crippen LogP contribution in [0.2, 0.25) is 0 Å². The fourth-order valence-electron chi connectivity index (χ4n) is 2.08. The zero-order valence-electron chi connectivity index (χ0n) is 12.5. The van der Waals surface area contributed by atoms with Crippen molar-refractivity contribution in [2.75, 3.05) is 7.11 Å². The van der Waals surface area contributed by atoms with Crippen LogP contribution in [-0.2, 0) is 15.9 Å². The molecule has 110 valence electrons. The number of hydrogen-bond donors (Lipinski definition) is 1. The van der Waals surface area contributed by atoms with Gasteiger partial charge < -0.3 is 19.2 Å². The molecule has 20 heavy (non-hydrogen) atoms. The molecule has 1 aliphatic heterocycles. The van der Waals surface area contributed by atoms with Gasteiger partial charge in [-0.15, -0.1) is 0 Å². The van der Waals surface area contributed by atoms with Gasteiger partial charge in [0.2, 0.25) is 0 Å². The van der Waals surface area contributed by atoms with Crippen LogP contribution in [0.3, 0.4) is 0 Å². The molecule has 0 amide bonds. The van der Waals surface area contributed by atoms with Crippen molar-refractivity contribution >= 4 is 12.6 Å². The molecule has 1 aromatic carbocycles. The summed E-state index contributed by atoms with van der Waals surface area (Å²) in [6.07, 6.45) is 0. The molecule has 0 unspecified atom stereocenters. The van der Waals surface area contributed by atoms with E-state index in [-0.39, 0.29) is 11.3 Å². The monoisotopic (exact) mass is 282 g/mol. The highest BCUT2D eigenvalue weighted by Crippen LogP contribution is 2.36. The first-order valence-electron chi connectivity index (χ1n) is 6.54. The third-order valence-corrected chi connectivity index (χ3v) is 4.08. The molecule has 4 nitrogen and oxygen atoms in total. The van der Waals surface area contributed by atoms with Gasteiger partial charge in [0.1, 0.15) is 11.6 Å². The molecule has 1 saturated heterocycles. The van der Waals surface area contributed by atoms with E-state index in [9.17, 15) is 9.50 Å². The zero-order chi connectivity index (χ0) is 15.1. The number of hydrogen-bond acceptors (Lipinski definition) is 4. The van der Waals surface area contributed by atoms with Crippen LogP contribution in [0.1, 0.15) is 33.3 Å². The van der Waals surface area contributed by atoms with Crippen molar-refractivity contribution in [3.05, 3.63) is 23.5 Å². The molecule has 1 aromatic rings. The molecule has 1 fully saturated rings. The summed E-state index contributed by atoms with van der Waals surface area (Å²) in [5.41, 5.74) is -0.309. The van der Waals surface area contributed by atoms with Crippen molar-refractivity contribution in [2.45, 2.75) is 45.5 Å². The first kappa shape index (κ1) is 15.3. The fraction of sp³-hybridized carbons (Fsp3) is 0.571. The van der Waals surface area contributed by atoms with Crippen LogP contribution >= 0.6 is 0 Å². The summed E-state index contributed by atoms with van der Waals surface area (Å²) in [5.74, 6) is -0.242. The maximum Gasteiger partial charge on any atom is 0.495 e. The lowest BCUT2D eigenvalue weighted by Gasteiger charge is -2.32. The van der Waals surface area contributed by atoms with Gasteiger partial charge in [0.05, 0.1) is 30.5 Å². The largest absolute Gasteiger partial charge is 0.496 e. The molecule has 0 saturated carbocycles. The van der Waals surface area contributed by atoms with Crippen LogP contribution in [0.15, 0.2) is 12.1 Å². The van der Waals surface area contributed by atoms with E-state index in [2.05, 4.69) is 0 Å². The Balaban J connectivity index is 2.38. The summed E-state index contributed by atoms with van der Waals surface area (Å²) in [6.45, 7) is 7.31. The predicted molar refractivity (Wildman–Crippen MR) is 74.6 cm³/mol. The maximum absolute atomic E-state index is 14.0. The Morgan fingerprint density at radius 3 is 2.20 bits per heavy atom. The summed E-state index contributed by atoms with van der Waals surface area (Å²) >= 11 is 0. The quantitative estimate of drug-likeness (QED) is 0.856. The highest BCUT2D eigenvalue weighted by Gasteiger charge is 2.51. The van der Waals surface area contributed by atoms with E-state index in [0.29, 0.717) is 5.46 Å². The third kappa shape index (κ3) is 2.43. The summed E-state index contributed by atoms with van der Waals surface area (Å²) in [4.78, 5) is 0. The van der Waals surface area contributed by atoms with Gasteiger partial charge in [0.15, 0.2) is 0 Å². The average Bonchev–Trinajstić information content (AvgIpc) is 2.57. The van der Waals surface area contributed by atoms with Gasteiger partial charge in [0.25, 0.3) is 0 Å². The van der Waals surface area contributed by atoms with Crippen molar-refractivity contribution in [2.24, 2.45) is 0 Å². The minimum atomic E-state index is -0.656. The molecule has 0 aromatic heterocycles. The summed E-state index contributed by atoms with van der Waals surface area (Å²) in [5, 5.41) is 9.17. The molecule has 1 aliphatic rings. The average molecular weight is 282 g/mol. The van der Waals surface area contributed by atoms with E-state index in [1.165, 1.54) is 13.2 Å². The van der Waals surface area contributed by atoms with Gasteiger partial charge in [-0.3, -0.25) is 0 Å². The van der Waals surface area contributed by atoms with Gasteiger partial charge in [-0.1, -0.05) is 0 Å². The molecular formula is C14H20BFO4. The van der Waals surface area contributed by atoms with Crippen LogP contribution in [-0.4, -0.2) is 30.5 Å². The zero-order valence-corrected chi connectivity index (χ0v) is 12.5. The minimum Gasteiger partial charge on any atom is -0.496 e. The number of rotatable bonds is 3. The lowest BCUT2D eigenvalue weighted by atomic mass is 9.78. The molecule has 0 atom stereocenters. The summed E-state index contributed by atoms with van der Waals surface area (Å²) < 4.78 is 30.8. The van der Waals surface area contributed by atoms with E-state index >= 15 is 0 Å². The Morgan fingerprint density at radius 2 is 1.75 bits per heavy atom. The van der Waals surface area contributed by atoms with Crippen molar-refractivity contribution < 1.29 is 23.5 Å². The highest BCUT2D eigenvalue weighted by molar-refractivity contribution is 6.62. The second kappa shape index (κ2) is 5.02. The second-order valence-electron chi connectivity index (χ2n) is 5.93. The first-order chi connectivity index (χ1) is 9.21. The molecule has 1 N–H and O–H groups in total. The van der Waals surface area contributed by atoms with E-state index in [4.69, 9.17) is 14.0 Å². The Hall–Kier alpha value is -1.11. The van der Waals surface area contributed by atoms with E-state index < -0.39 is 30.7 Å². The van der Waals surface area contributed by atoms with Crippen molar-refractivity contribution in [1.82, 2.24) is 0 Å². The van der Waals surface area contributed by atoms with Gasteiger partial charge in [0, 0.05) is 0 Å². The number of halogens is 1. The standard InChI is InChI=1S/C14H20BFO4/c1-13(2)14(3,4)20-15(19-13)9-6-11(16)10(8-17)12(7-9)18-5/h6-7,17H,8H2,1-5H3. The van der Waals surface area contributed by atoms with Crippen LogP contribution in [0.25, 0.3) is 0 Å². The number of benzene rings is 1. The van der Waals surface area contributed by atoms with Crippen molar-refractivity contribution in [3.63, 3.8) is 0 Å². The molecule has 0 aliphatic carbocycles. The Bertz CT molecular complexity index is 500. The lowest BCUT2D eigenvalue weighted by molar-refractivity contribution is 0.00578. The van der Waals surface area contributed by atoms with E-state index in [0.717, 1.165) is 0 Å².